The van der Waals surface area contributed by atoms with Crippen molar-refractivity contribution in [2.24, 2.45) is 0 Å². The molecule has 0 aliphatic carbocycles. The van der Waals surface area contributed by atoms with Crippen molar-refractivity contribution in [1.29, 1.82) is 0 Å². The van der Waals surface area contributed by atoms with Crippen LogP contribution in [0.5, 0.6) is 0 Å². The van der Waals surface area contributed by atoms with E-state index in [0.29, 0.717) is 0 Å². The van der Waals surface area contributed by atoms with Crippen molar-refractivity contribution in [2.45, 2.75) is 123 Å². The Labute approximate surface area is 297 Å². The van der Waals surface area contributed by atoms with Gasteiger partial charge in [-0.2, -0.15) is 4.31 Å². The number of aliphatic hydroxyl groups is 16. The van der Waals surface area contributed by atoms with Gasteiger partial charge in [-0.3, -0.25) is 18.1 Å². The zero-order chi connectivity index (χ0) is 39.7. The van der Waals surface area contributed by atoms with E-state index in [1.54, 1.807) is 0 Å². The lowest BCUT2D eigenvalue weighted by molar-refractivity contribution is -0.300. The molecule has 0 saturated carbocycles. The zero-order valence-electron chi connectivity index (χ0n) is 26.9. The normalized spacial score (nSPS) is 49.2. The van der Waals surface area contributed by atoms with Gasteiger partial charge in [0.05, 0.1) is 26.4 Å². The second kappa shape index (κ2) is 18.4. The minimum Gasteiger partial charge on any atom is -0.394 e. The lowest BCUT2D eigenvalue weighted by Crippen LogP contribution is -2.60. The first-order chi connectivity index (χ1) is 24.7. The van der Waals surface area contributed by atoms with E-state index in [9.17, 15) is 90.8 Å². The number of hydrogen-bond donors (Lipinski definition) is 16. The predicted molar refractivity (Wildman–Crippen MR) is 156 cm³/mol. The first-order valence-corrected chi connectivity index (χ1v) is 18.5. The van der Waals surface area contributed by atoms with Crippen LogP contribution in [0.25, 0.3) is 0 Å². The maximum absolute atomic E-state index is 14.5. The third-order valence-corrected chi connectivity index (χ3v) is 12.0. The van der Waals surface area contributed by atoms with E-state index in [-0.39, 0.29) is 0 Å². The summed E-state index contributed by atoms with van der Waals surface area (Å²) in [5, 5.41) is 162. The third kappa shape index (κ3) is 9.78. The molecule has 0 aromatic rings. The number of phosphoric acid groups is 2. The molecule has 16 N–H and O–H groups in total. The van der Waals surface area contributed by atoms with Gasteiger partial charge in [0.1, 0.15) is 97.7 Å². The summed E-state index contributed by atoms with van der Waals surface area (Å²) < 4.78 is 74.7. The summed E-state index contributed by atoms with van der Waals surface area (Å²) in [6, 6.07) is 0. The van der Waals surface area contributed by atoms with E-state index in [1.165, 1.54) is 0 Å². The summed E-state index contributed by atoms with van der Waals surface area (Å²) >= 11 is 0. The van der Waals surface area contributed by atoms with Crippen LogP contribution < -0.4 is 0 Å². The fourth-order valence-corrected chi connectivity index (χ4v) is 8.79. The van der Waals surface area contributed by atoms with Gasteiger partial charge in [0.15, 0.2) is 25.2 Å². The van der Waals surface area contributed by atoms with Gasteiger partial charge in [-0.15, -0.1) is 0 Å². The summed E-state index contributed by atoms with van der Waals surface area (Å²) in [5.74, 6) is 0. The first kappa shape index (κ1) is 45.2. The van der Waals surface area contributed by atoms with E-state index >= 15 is 0 Å². The topological polar surface area (TPSA) is 441 Å². The average molecular weight is 827 g/mol. The number of rotatable bonds is 14. The van der Waals surface area contributed by atoms with Crippen molar-refractivity contribution in [2.75, 3.05) is 26.4 Å². The summed E-state index contributed by atoms with van der Waals surface area (Å²) in [7, 11) is -12.4. The highest BCUT2D eigenvalue weighted by atomic mass is 31.3. The van der Waals surface area contributed by atoms with Crippen molar-refractivity contribution in [3.63, 3.8) is 0 Å². The lowest BCUT2D eigenvalue weighted by atomic mass is 9.99. The van der Waals surface area contributed by atoms with Gasteiger partial charge < -0.3 is 101 Å². The third-order valence-electron chi connectivity index (χ3n) is 8.53. The molecule has 29 heteroatoms. The molecule has 4 rings (SSSR count). The summed E-state index contributed by atoms with van der Waals surface area (Å²) in [6.07, 6.45) is -44.3. The lowest BCUT2D eigenvalue weighted by Gasteiger charge is -2.44. The van der Waals surface area contributed by atoms with Gasteiger partial charge in [0.2, 0.25) is 0 Å². The molecule has 0 aromatic heterocycles. The van der Waals surface area contributed by atoms with Crippen LogP contribution >= 0.6 is 15.6 Å². The van der Waals surface area contributed by atoms with Crippen LogP contribution in [-0.2, 0) is 50.5 Å². The van der Waals surface area contributed by atoms with Crippen molar-refractivity contribution in [1.82, 2.24) is 0 Å². The minimum absolute atomic E-state index is 1.09. The van der Waals surface area contributed by atoms with E-state index < -0.39 is 165 Å². The molecule has 4 saturated heterocycles. The summed E-state index contributed by atoms with van der Waals surface area (Å²) in [5.41, 5.74) is 0. The average Bonchev–Trinajstić information content (AvgIpc) is 3.12. The van der Waals surface area contributed by atoms with Crippen molar-refractivity contribution in [3.05, 3.63) is 0 Å². The monoisotopic (exact) mass is 826 g/mol. The van der Waals surface area contributed by atoms with Crippen LogP contribution in [0.15, 0.2) is 0 Å². The van der Waals surface area contributed by atoms with E-state index in [1.807, 2.05) is 0 Å². The maximum Gasteiger partial charge on any atom is 0.488 e. The Morgan fingerprint density at radius 3 is 0.698 bits per heavy atom. The highest BCUT2D eigenvalue weighted by molar-refractivity contribution is 7.62. The fraction of sp³-hybridized carbons (Fsp3) is 1.00. The van der Waals surface area contributed by atoms with Gasteiger partial charge >= 0.3 is 15.6 Å². The molecule has 0 spiro atoms. The van der Waals surface area contributed by atoms with Crippen LogP contribution in [0.1, 0.15) is 0 Å². The van der Waals surface area contributed by atoms with Crippen LogP contribution in [0, 0.1) is 0 Å². The Kier molecular flexibility index (Phi) is 15.7. The Morgan fingerprint density at radius 1 is 0.340 bits per heavy atom. The first-order valence-electron chi connectivity index (χ1n) is 15.6. The van der Waals surface area contributed by atoms with Gasteiger partial charge in [-0.05, 0) is 0 Å². The number of phosphoric ester groups is 2. The number of hydrogen-bond acceptors (Lipinski definition) is 27. The molecule has 20 atom stereocenters. The van der Waals surface area contributed by atoms with E-state index in [4.69, 9.17) is 41.4 Å². The second-order valence-corrected chi connectivity index (χ2v) is 15.5. The Balaban J connectivity index is 1.78. The Hall–Kier alpha value is -0.540. The smallest absolute Gasteiger partial charge is 0.394 e. The number of ether oxygens (including phenoxy) is 4. The quantitative estimate of drug-likeness (QED) is 0.0723. The molecule has 312 valence electrons. The molecule has 4 unspecified atom stereocenters. The van der Waals surface area contributed by atoms with Crippen LogP contribution in [-0.4, -0.2) is 231 Å². The van der Waals surface area contributed by atoms with Crippen molar-refractivity contribution >= 4 is 15.6 Å². The zero-order valence-corrected chi connectivity index (χ0v) is 28.7. The molecule has 4 fully saturated rings. The summed E-state index contributed by atoms with van der Waals surface area (Å²) in [6.45, 7) is -4.38. The summed E-state index contributed by atoms with van der Waals surface area (Å²) in [4.78, 5) is 0. The van der Waals surface area contributed by atoms with Crippen LogP contribution in [0.3, 0.4) is 0 Å². The molecular formula is C24H44O27P2. The van der Waals surface area contributed by atoms with E-state index in [0.717, 1.165) is 0 Å². The molecule has 4 aliphatic heterocycles. The van der Waals surface area contributed by atoms with Crippen LogP contribution in [0.4, 0.5) is 0 Å². The predicted octanol–water partition coefficient (Wildman–Crippen LogP) is -9.51. The standard InChI is InChI=1S/C24H44O27P2/c25-1-5-9(29)13(33)17(37)21(43-5)47-52(41,48-22-18(38)14(34)10(30)6(2-26)44-22)51-53(42,49-23-19(39)15(35)11(31)7(3-27)45-23)50-24-20(40)16(36)12(32)8(4-28)46-24/h5-40H,1-4H2/t5-,6-,7-,8-,9+,10+,11+,12+,13+,14+,15+,16+,17+,18+,19+,20+,21?,22?,23?,24?,52?,53?/m1/s1. The van der Waals surface area contributed by atoms with Gasteiger partial charge in [0.25, 0.3) is 0 Å². The molecule has 53 heavy (non-hydrogen) atoms. The SMILES string of the molecule is O=P(OC1O[C@H](CO)[C@H](O)[C@H](O)[C@@H]1O)(OC1O[C@H](CO)[C@H](O)[C@H](O)[C@@H]1O)OP(=O)(OC1O[C@H](CO)[C@H](O)[C@H](O)[C@@H]1O)OC1O[C@H](CO)[C@H](O)[C@H](O)[C@@H]1O. The van der Waals surface area contributed by atoms with Crippen molar-refractivity contribution in [3.8, 4) is 0 Å². The molecular weight excluding hydrogens is 782 g/mol. The molecule has 0 aromatic carbocycles. The Morgan fingerprint density at radius 2 is 0.528 bits per heavy atom. The fourth-order valence-electron chi connectivity index (χ4n) is 5.38. The Bertz CT molecular complexity index is 1080. The van der Waals surface area contributed by atoms with Gasteiger partial charge in [-0.25, -0.2) is 9.13 Å². The molecule has 0 bridgehead atoms. The molecule has 4 heterocycles. The number of aliphatic hydroxyl groups excluding tert-OH is 16. The largest absolute Gasteiger partial charge is 0.488 e. The maximum atomic E-state index is 14.5. The van der Waals surface area contributed by atoms with E-state index in [2.05, 4.69) is 0 Å². The second-order valence-electron chi connectivity index (χ2n) is 12.2. The molecule has 0 amide bonds. The molecule has 27 nitrogen and oxygen atoms in total. The molecule has 0 radical (unpaired) electrons. The molecule has 4 aliphatic rings. The van der Waals surface area contributed by atoms with Gasteiger partial charge in [0, 0.05) is 0 Å². The highest BCUT2D eigenvalue weighted by Crippen LogP contribution is 2.69. The van der Waals surface area contributed by atoms with Crippen LogP contribution in [0.2, 0.25) is 0 Å². The van der Waals surface area contributed by atoms with Gasteiger partial charge in [-0.1, -0.05) is 0 Å². The highest BCUT2D eigenvalue weighted by Gasteiger charge is 2.57. The minimum atomic E-state index is -6.22. The van der Waals surface area contributed by atoms with Crippen molar-refractivity contribution < 1.29 is 132 Å².